The number of carbonyl (C=O) groups excluding carboxylic acids is 1. The normalized spacial score (nSPS) is 11.2. The van der Waals surface area contributed by atoms with Crippen molar-refractivity contribution in [3.63, 3.8) is 0 Å². The van der Waals surface area contributed by atoms with E-state index in [-0.39, 0.29) is 5.97 Å². The van der Waals surface area contributed by atoms with Crippen molar-refractivity contribution in [1.29, 1.82) is 0 Å². The first-order valence-electron chi connectivity index (χ1n) is 5.17. The van der Waals surface area contributed by atoms with E-state index in [1.54, 1.807) is 13.8 Å². The minimum absolute atomic E-state index is 0.303. The zero-order chi connectivity index (χ0) is 10.8. The maximum Gasteiger partial charge on any atom is 0.336 e. The van der Waals surface area contributed by atoms with E-state index in [4.69, 9.17) is 9.47 Å². The third-order valence-corrected chi connectivity index (χ3v) is 1.72. The highest BCUT2D eigenvalue weighted by Gasteiger charge is 2.03. The maximum absolute atomic E-state index is 11.1. The van der Waals surface area contributed by atoms with E-state index >= 15 is 0 Å². The van der Waals surface area contributed by atoms with Gasteiger partial charge in [0.15, 0.2) is 0 Å². The molecule has 3 nitrogen and oxygen atoms in total. The van der Waals surface area contributed by atoms with Crippen LogP contribution in [0.4, 0.5) is 0 Å². The molecule has 0 heterocycles. The SMILES string of the molecule is CCCCCO/C=C(\C)C(=O)OCC. The molecule has 0 fully saturated rings. The quantitative estimate of drug-likeness (QED) is 0.274. The van der Waals surface area contributed by atoms with Crippen molar-refractivity contribution in [3.8, 4) is 0 Å². The summed E-state index contributed by atoms with van der Waals surface area (Å²) in [5.41, 5.74) is 0.517. The number of carbonyl (C=O) groups is 1. The highest BCUT2D eigenvalue weighted by atomic mass is 16.5. The third kappa shape index (κ3) is 6.52. The predicted molar refractivity (Wildman–Crippen MR) is 55.9 cm³/mol. The van der Waals surface area contributed by atoms with E-state index in [1.807, 2.05) is 0 Å². The van der Waals surface area contributed by atoms with Crippen LogP contribution in [0.25, 0.3) is 0 Å². The van der Waals surface area contributed by atoms with Crippen LogP contribution in [-0.2, 0) is 14.3 Å². The largest absolute Gasteiger partial charge is 0.501 e. The molecule has 0 bridgehead atoms. The van der Waals surface area contributed by atoms with E-state index in [1.165, 1.54) is 12.7 Å². The van der Waals surface area contributed by atoms with Crippen molar-refractivity contribution in [2.24, 2.45) is 0 Å². The first kappa shape index (κ1) is 13.0. The molecular formula is C11H20O3. The Kier molecular flexibility index (Phi) is 7.99. The van der Waals surface area contributed by atoms with Crippen molar-refractivity contribution in [1.82, 2.24) is 0 Å². The van der Waals surface area contributed by atoms with Crippen LogP contribution in [0.5, 0.6) is 0 Å². The molecule has 0 N–H and O–H groups in total. The van der Waals surface area contributed by atoms with E-state index in [0.29, 0.717) is 18.8 Å². The number of unbranched alkanes of at least 4 members (excludes halogenated alkanes) is 2. The summed E-state index contributed by atoms with van der Waals surface area (Å²) in [6, 6.07) is 0. The van der Waals surface area contributed by atoms with Crippen LogP contribution in [0.15, 0.2) is 11.8 Å². The molecule has 82 valence electrons. The zero-order valence-electron chi connectivity index (χ0n) is 9.34. The van der Waals surface area contributed by atoms with E-state index < -0.39 is 0 Å². The van der Waals surface area contributed by atoms with Gasteiger partial charge in [0.25, 0.3) is 0 Å². The zero-order valence-corrected chi connectivity index (χ0v) is 9.34. The molecule has 0 rings (SSSR count). The van der Waals surface area contributed by atoms with Gasteiger partial charge in [-0.1, -0.05) is 19.8 Å². The number of hydrogen-bond acceptors (Lipinski definition) is 3. The second-order valence-electron chi connectivity index (χ2n) is 3.10. The van der Waals surface area contributed by atoms with Gasteiger partial charge in [-0.15, -0.1) is 0 Å². The fraction of sp³-hybridized carbons (Fsp3) is 0.727. The summed E-state index contributed by atoms with van der Waals surface area (Å²) >= 11 is 0. The van der Waals surface area contributed by atoms with Crippen molar-refractivity contribution in [2.75, 3.05) is 13.2 Å². The number of esters is 1. The summed E-state index contributed by atoms with van der Waals surface area (Å²) in [6.45, 7) is 6.69. The molecule has 0 amide bonds. The molecule has 0 atom stereocenters. The van der Waals surface area contributed by atoms with Gasteiger partial charge in [-0.3, -0.25) is 0 Å². The topological polar surface area (TPSA) is 35.5 Å². The van der Waals surface area contributed by atoms with E-state index in [9.17, 15) is 4.79 Å². The van der Waals surface area contributed by atoms with E-state index in [0.717, 1.165) is 12.8 Å². The van der Waals surface area contributed by atoms with Gasteiger partial charge >= 0.3 is 5.97 Å². The van der Waals surface area contributed by atoms with Gasteiger partial charge in [-0.2, -0.15) is 0 Å². The monoisotopic (exact) mass is 200 g/mol. The molecule has 3 heteroatoms. The fourth-order valence-corrected chi connectivity index (χ4v) is 0.912. The Bertz CT molecular complexity index is 185. The molecule has 14 heavy (non-hydrogen) atoms. The van der Waals surface area contributed by atoms with Crippen LogP contribution in [0.3, 0.4) is 0 Å². The lowest BCUT2D eigenvalue weighted by Crippen LogP contribution is -2.05. The molecule has 0 aliphatic rings. The number of rotatable bonds is 7. The molecule has 0 aliphatic carbocycles. The van der Waals surface area contributed by atoms with Crippen LogP contribution < -0.4 is 0 Å². The van der Waals surface area contributed by atoms with Crippen molar-refractivity contribution in [3.05, 3.63) is 11.8 Å². The van der Waals surface area contributed by atoms with Gasteiger partial charge in [-0.25, -0.2) is 4.79 Å². The summed E-state index contributed by atoms with van der Waals surface area (Å²) < 4.78 is 10.00. The Labute approximate surface area is 86.1 Å². The Hall–Kier alpha value is -0.990. The smallest absolute Gasteiger partial charge is 0.336 e. The molecule has 0 saturated heterocycles. The Morgan fingerprint density at radius 2 is 2.00 bits per heavy atom. The van der Waals surface area contributed by atoms with Gasteiger partial charge in [0.05, 0.1) is 25.0 Å². The van der Waals surface area contributed by atoms with Gasteiger partial charge < -0.3 is 9.47 Å². The lowest BCUT2D eigenvalue weighted by Gasteiger charge is -2.03. The van der Waals surface area contributed by atoms with Gasteiger partial charge in [0.1, 0.15) is 0 Å². The summed E-state index contributed by atoms with van der Waals surface area (Å²) in [4.78, 5) is 11.1. The Balaban J connectivity index is 3.60. The lowest BCUT2D eigenvalue weighted by atomic mass is 10.3. The molecule has 0 radical (unpaired) electrons. The third-order valence-electron chi connectivity index (χ3n) is 1.72. The second-order valence-corrected chi connectivity index (χ2v) is 3.10. The molecule has 0 aliphatic heterocycles. The van der Waals surface area contributed by atoms with Crippen LogP contribution in [0, 0.1) is 0 Å². The summed E-state index contributed by atoms with van der Waals surface area (Å²) in [7, 11) is 0. The minimum Gasteiger partial charge on any atom is -0.501 e. The predicted octanol–water partition coefficient (Wildman–Crippen LogP) is 2.66. The average molecular weight is 200 g/mol. The molecule has 0 aromatic heterocycles. The number of hydrogen-bond donors (Lipinski definition) is 0. The molecule has 0 saturated carbocycles. The van der Waals surface area contributed by atoms with Crippen LogP contribution in [-0.4, -0.2) is 19.2 Å². The van der Waals surface area contributed by atoms with Gasteiger partial charge in [0, 0.05) is 0 Å². The summed E-state index contributed by atoms with van der Waals surface area (Å²) in [5.74, 6) is -0.303. The van der Waals surface area contributed by atoms with Crippen molar-refractivity contribution < 1.29 is 14.3 Å². The lowest BCUT2D eigenvalue weighted by molar-refractivity contribution is -0.138. The van der Waals surface area contributed by atoms with Crippen LogP contribution in [0.2, 0.25) is 0 Å². The standard InChI is InChI=1S/C11H20O3/c1-4-6-7-8-13-9-10(3)11(12)14-5-2/h9H,4-8H2,1-3H3/b10-9+. The number of ether oxygens (including phenoxy) is 2. The molecule has 0 aromatic carbocycles. The molecule has 0 spiro atoms. The first-order valence-corrected chi connectivity index (χ1v) is 5.17. The summed E-state index contributed by atoms with van der Waals surface area (Å²) in [5, 5.41) is 0. The van der Waals surface area contributed by atoms with Gasteiger partial charge in [-0.05, 0) is 20.3 Å². The van der Waals surface area contributed by atoms with Crippen LogP contribution >= 0.6 is 0 Å². The Morgan fingerprint density at radius 3 is 2.57 bits per heavy atom. The second kappa shape index (κ2) is 8.60. The van der Waals surface area contributed by atoms with Crippen molar-refractivity contribution in [2.45, 2.75) is 40.0 Å². The maximum atomic E-state index is 11.1. The highest BCUT2D eigenvalue weighted by Crippen LogP contribution is 1.99. The summed E-state index contributed by atoms with van der Waals surface area (Å²) in [6.07, 6.45) is 4.84. The van der Waals surface area contributed by atoms with E-state index in [2.05, 4.69) is 6.92 Å². The molecule has 0 aromatic rings. The van der Waals surface area contributed by atoms with Crippen LogP contribution in [0.1, 0.15) is 40.0 Å². The molecule has 0 unspecified atom stereocenters. The minimum atomic E-state index is -0.303. The Morgan fingerprint density at radius 1 is 1.29 bits per heavy atom. The fourth-order valence-electron chi connectivity index (χ4n) is 0.912. The molecular weight excluding hydrogens is 180 g/mol. The highest BCUT2D eigenvalue weighted by molar-refractivity contribution is 5.87. The van der Waals surface area contributed by atoms with Gasteiger partial charge in [0.2, 0.25) is 0 Å². The first-order chi connectivity index (χ1) is 6.72. The van der Waals surface area contributed by atoms with Crippen molar-refractivity contribution >= 4 is 5.97 Å². The average Bonchev–Trinajstić information content (AvgIpc) is 2.17.